The Labute approximate surface area is 144 Å². The van der Waals surface area contributed by atoms with Gasteiger partial charge in [0.05, 0.1) is 35.9 Å². The van der Waals surface area contributed by atoms with Gasteiger partial charge in [0.25, 0.3) is 0 Å². The van der Waals surface area contributed by atoms with Crippen LogP contribution in [-0.2, 0) is 19.1 Å². The molecule has 130 valence electrons. The Morgan fingerprint density at radius 2 is 2.12 bits per heavy atom. The van der Waals surface area contributed by atoms with E-state index in [1.165, 1.54) is 30.2 Å². The zero-order valence-electron chi connectivity index (χ0n) is 13.5. The molecule has 1 atom stereocenters. The minimum Gasteiger partial charge on any atom is -0.465 e. The highest BCUT2D eigenvalue weighted by molar-refractivity contribution is 6.34. The van der Waals surface area contributed by atoms with Crippen molar-refractivity contribution in [3.8, 4) is 0 Å². The van der Waals surface area contributed by atoms with Crippen LogP contribution < -0.4 is 10.2 Å². The van der Waals surface area contributed by atoms with Crippen LogP contribution >= 0.6 is 11.6 Å². The lowest BCUT2D eigenvalue weighted by atomic mass is 10.1. The van der Waals surface area contributed by atoms with Crippen LogP contribution in [0, 0.1) is 5.92 Å². The number of nitrogens with zero attached hydrogens (tertiary/aromatic N) is 1. The van der Waals surface area contributed by atoms with Gasteiger partial charge in [-0.15, -0.1) is 0 Å². The Balaban J connectivity index is 2.14. The summed E-state index contributed by atoms with van der Waals surface area (Å²) < 4.78 is 9.55. The molecule has 1 N–H and O–H groups in total. The molecule has 2 amide bonds. The molecule has 8 heteroatoms. The van der Waals surface area contributed by atoms with E-state index < -0.39 is 11.9 Å². The Hall–Kier alpha value is -2.12. The standard InChI is InChI=1S/C16H19ClN2O5/c1-23-6-5-18-15(21)11-8-14(20)19(9-11)13-7-10(16(22)24-2)3-4-12(13)17/h3-4,7,11H,5-6,8-9H2,1-2H3,(H,18,21). The van der Waals surface area contributed by atoms with Gasteiger partial charge in [-0.3, -0.25) is 9.59 Å². The molecule has 1 aliphatic rings. The number of amides is 2. The Kier molecular flexibility index (Phi) is 6.16. The maximum absolute atomic E-state index is 12.3. The fourth-order valence-corrected chi connectivity index (χ4v) is 2.72. The number of carbonyl (C=O) groups is 3. The second-order valence-electron chi connectivity index (χ2n) is 5.35. The van der Waals surface area contributed by atoms with E-state index in [2.05, 4.69) is 10.1 Å². The SMILES string of the molecule is COCCNC(=O)C1CC(=O)N(c2cc(C(=O)OC)ccc2Cl)C1. The molecule has 1 aromatic rings. The van der Waals surface area contributed by atoms with Crippen molar-refractivity contribution in [2.24, 2.45) is 5.92 Å². The molecular weight excluding hydrogens is 336 g/mol. The van der Waals surface area contributed by atoms with Gasteiger partial charge in [0, 0.05) is 26.6 Å². The highest BCUT2D eigenvalue weighted by atomic mass is 35.5. The smallest absolute Gasteiger partial charge is 0.337 e. The molecule has 1 aliphatic heterocycles. The minimum absolute atomic E-state index is 0.0948. The van der Waals surface area contributed by atoms with E-state index in [-0.39, 0.29) is 30.3 Å². The second kappa shape index (κ2) is 8.12. The second-order valence-corrected chi connectivity index (χ2v) is 5.75. The largest absolute Gasteiger partial charge is 0.465 e. The molecule has 24 heavy (non-hydrogen) atoms. The minimum atomic E-state index is -0.520. The summed E-state index contributed by atoms with van der Waals surface area (Å²) in [6.45, 7) is 1.00. The number of hydrogen-bond acceptors (Lipinski definition) is 5. The average molecular weight is 355 g/mol. The summed E-state index contributed by atoms with van der Waals surface area (Å²) in [4.78, 5) is 37.4. The van der Waals surface area contributed by atoms with Crippen LogP contribution in [0.2, 0.25) is 5.02 Å². The number of nitrogens with one attached hydrogen (secondary N) is 1. The lowest BCUT2D eigenvalue weighted by Gasteiger charge is -2.19. The molecule has 0 aliphatic carbocycles. The third kappa shape index (κ3) is 4.04. The van der Waals surface area contributed by atoms with E-state index in [1.807, 2.05) is 0 Å². The molecule has 2 rings (SSSR count). The van der Waals surface area contributed by atoms with Gasteiger partial charge in [0.15, 0.2) is 0 Å². The number of anilines is 1. The summed E-state index contributed by atoms with van der Waals surface area (Å²) in [6, 6.07) is 4.55. The van der Waals surface area contributed by atoms with Crippen molar-refractivity contribution in [2.75, 3.05) is 38.8 Å². The summed E-state index contributed by atoms with van der Waals surface area (Å²) in [5.74, 6) is -1.41. The number of esters is 1. The predicted octanol–water partition coefficient (Wildman–Crippen LogP) is 1.24. The van der Waals surface area contributed by atoms with Crippen LogP contribution in [0.5, 0.6) is 0 Å². The average Bonchev–Trinajstić information content (AvgIpc) is 2.96. The molecule has 0 aromatic heterocycles. The quantitative estimate of drug-likeness (QED) is 0.613. The summed E-state index contributed by atoms with van der Waals surface area (Å²) >= 11 is 6.16. The number of carbonyl (C=O) groups excluding carboxylic acids is 3. The van der Waals surface area contributed by atoms with Crippen molar-refractivity contribution in [1.29, 1.82) is 0 Å². The molecule has 0 spiro atoms. The van der Waals surface area contributed by atoms with Gasteiger partial charge >= 0.3 is 5.97 Å². The maximum Gasteiger partial charge on any atom is 0.337 e. The Bertz CT molecular complexity index is 649. The topological polar surface area (TPSA) is 84.9 Å². The molecule has 1 aromatic carbocycles. The molecule has 0 radical (unpaired) electrons. The van der Waals surface area contributed by atoms with Crippen LogP contribution in [0.1, 0.15) is 16.8 Å². The van der Waals surface area contributed by atoms with E-state index in [0.717, 1.165) is 0 Å². The summed E-state index contributed by atoms with van der Waals surface area (Å²) in [6.07, 6.45) is 0.0948. The van der Waals surface area contributed by atoms with Crippen LogP contribution in [0.3, 0.4) is 0 Å². The van der Waals surface area contributed by atoms with E-state index in [9.17, 15) is 14.4 Å². The first-order chi connectivity index (χ1) is 11.5. The first kappa shape index (κ1) is 18.2. The zero-order valence-corrected chi connectivity index (χ0v) is 14.3. The van der Waals surface area contributed by atoms with E-state index in [4.69, 9.17) is 16.3 Å². The van der Waals surface area contributed by atoms with Crippen molar-refractivity contribution >= 4 is 35.1 Å². The van der Waals surface area contributed by atoms with E-state index >= 15 is 0 Å². The molecular formula is C16H19ClN2O5. The molecule has 1 fully saturated rings. The molecule has 1 saturated heterocycles. The highest BCUT2D eigenvalue weighted by Gasteiger charge is 2.36. The van der Waals surface area contributed by atoms with Gasteiger partial charge in [-0.25, -0.2) is 4.79 Å². The van der Waals surface area contributed by atoms with Crippen LogP contribution in [-0.4, -0.2) is 51.7 Å². The van der Waals surface area contributed by atoms with Crippen molar-refractivity contribution in [3.63, 3.8) is 0 Å². The Morgan fingerprint density at radius 1 is 1.38 bits per heavy atom. The van der Waals surface area contributed by atoms with Crippen LogP contribution in [0.25, 0.3) is 0 Å². The van der Waals surface area contributed by atoms with E-state index in [0.29, 0.717) is 23.9 Å². The number of halogens is 1. The first-order valence-corrected chi connectivity index (χ1v) is 7.80. The van der Waals surface area contributed by atoms with E-state index in [1.54, 1.807) is 7.11 Å². The molecule has 0 bridgehead atoms. The monoisotopic (exact) mass is 354 g/mol. The number of methoxy groups -OCH3 is 2. The van der Waals surface area contributed by atoms with Crippen molar-refractivity contribution < 1.29 is 23.9 Å². The molecule has 1 unspecified atom stereocenters. The van der Waals surface area contributed by atoms with Crippen LogP contribution in [0.15, 0.2) is 18.2 Å². The third-order valence-corrected chi connectivity index (χ3v) is 4.08. The molecule has 1 heterocycles. The fourth-order valence-electron chi connectivity index (χ4n) is 2.50. The number of hydrogen-bond donors (Lipinski definition) is 1. The fraction of sp³-hybridized carbons (Fsp3) is 0.438. The number of ether oxygens (including phenoxy) is 2. The third-order valence-electron chi connectivity index (χ3n) is 3.76. The van der Waals surface area contributed by atoms with Gasteiger partial charge in [-0.05, 0) is 18.2 Å². The van der Waals surface area contributed by atoms with Gasteiger partial charge in [-0.2, -0.15) is 0 Å². The highest BCUT2D eigenvalue weighted by Crippen LogP contribution is 2.32. The van der Waals surface area contributed by atoms with Gasteiger partial charge in [0.1, 0.15) is 0 Å². The summed E-state index contributed by atoms with van der Waals surface area (Å²) in [5.41, 5.74) is 0.689. The Morgan fingerprint density at radius 3 is 2.79 bits per heavy atom. The lowest BCUT2D eigenvalue weighted by Crippen LogP contribution is -2.34. The van der Waals surface area contributed by atoms with Gasteiger partial charge in [-0.1, -0.05) is 11.6 Å². The normalized spacial score (nSPS) is 17.0. The number of benzene rings is 1. The zero-order chi connectivity index (χ0) is 17.7. The van der Waals surface area contributed by atoms with Crippen molar-refractivity contribution in [1.82, 2.24) is 5.32 Å². The van der Waals surface area contributed by atoms with Crippen molar-refractivity contribution in [3.05, 3.63) is 28.8 Å². The van der Waals surface area contributed by atoms with Crippen molar-refractivity contribution in [2.45, 2.75) is 6.42 Å². The van der Waals surface area contributed by atoms with Crippen LogP contribution in [0.4, 0.5) is 5.69 Å². The lowest BCUT2D eigenvalue weighted by molar-refractivity contribution is -0.126. The summed E-state index contributed by atoms with van der Waals surface area (Å²) in [5, 5.41) is 3.05. The van der Waals surface area contributed by atoms with Gasteiger partial charge < -0.3 is 19.7 Å². The van der Waals surface area contributed by atoms with Gasteiger partial charge in [0.2, 0.25) is 11.8 Å². The maximum atomic E-state index is 12.3. The predicted molar refractivity (Wildman–Crippen MR) is 88.1 cm³/mol. The number of rotatable bonds is 6. The molecule has 7 nitrogen and oxygen atoms in total. The first-order valence-electron chi connectivity index (χ1n) is 7.42. The molecule has 0 saturated carbocycles. The summed E-state index contributed by atoms with van der Waals surface area (Å²) in [7, 11) is 2.82.